The Bertz CT molecular complexity index is 1890. The smallest absolute Gasteiger partial charge is 0.150 e. The first-order valence-corrected chi connectivity index (χ1v) is 22.1. The lowest BCUT2D eigenvalue weighted by molar-refractivity contribution is 0.112. The number of rotatable bonds is 19. The van der Waals surface area contributed by atoms with Crippen molar-refractivity contribution < 1.29 is 9.90 Å². The maximum Gasteiger partial charge on any atom is 0.150 e. The number of fused-ring (bicyclic) bond motifs is 1. The minimum Gasteiger partial charge on any atom is -0.507 e. The third-order valence-corrected chi connectivity index (χ3v) is 11.5. The molecular weight excluding hydrogens is 699 g/mol. The second kappa shape index (κ2) is 25.1. The number of aryl methyl sites for hydroxylation is 2. The maximum atomic E-state index is 10.9. The second-order valence-electron chi connectivity index (χ2n) is 15.5. The SMILES string of the molecule is CC.CCCN(CCCn1c(C)c(C)c2cc(Cc3ccc(C=O)cc3)ccc21)CCC(C)CC.C\C=C/C(=C\C=C\CC)c1c(O)cc(NC)cc1C1CCC1. The fraction of sp³-hybridized carbons (Fsp3) is 0.481. The standard InChI is InChI=1S/C30H42N2O.C20H27NO.C2H6/c1-6-16-31(19-15-23(3)7-2)17-8-18-32-25(5)24(4)29-21-28(13-14-30(29)32)20-26-9-11-27(22-33)12-10-26;1-4-6-7-10-16(9-5-2)20-18(15-11-8-12-15)13-17(21-3)14-19(20)22;1-2/h9-14,21-23H,6-8,15-20H2,1-5H3;5-7,9-10,13-15,21-22H,4,8,11-12H2,1-3H3;1-2H3/b;7-6+,9-5-,16-10+;. The predicted molar refractivity (Wildman–Crippen MR) is 249 cm³/mol. The molecule has 1 aromatic heterocycles. The number of nitrogens with one attached hydrogen (secondary N) is 1. The van der Waals surface area contributed by atoms with E-state index in [1.807, 2.05) is 52.1 Å². The molecule has 5 rings (SSSR count). The van der Waals surface area contributed by atoms with E-state index in [4.69, 9.17) is 0 Å². The molecule has 0 amide bonds. The fourth-order valence-corrected chi connectivity index (χ4v) is 7.61. The van der Waals surface area contributed by atoms with Crippen molar-refractivity contribution >= 4 is 28.4 Å². The highest BCUT2D eigenvalue weighted by Crippen LogP contribution is 2.44. The Morgan fingerprint density at radius 3 is 2.30 bits per heavy atom. The van der Waals surface area contributed by atoms with Gasteiger partial charge in [0.2, 0.25) is 0 Å². The van der Waals surface area contributed by atoms with Gasteiger partial charge in [-0.05, 0) is 143 Å². The van der Waals surface area contributed by atoms with Gasteiger partial charge < -0.3 is 19.9 Å². The number of nitrogens with zero attached hydrogens (tertiary/aromatic N) is 2. The van der Waals surface area contributed by atoms with Crippen LogP contribution in [0, 0.1) is 19.8 Å². The molecule has 0 radical (unpaired) electrons. The van der Waals surface area contributed by atoms with Gasteiger partial charge in [-0.1, -0.05) is 115 Å². The molecule has 0 saturated heterocycles. The van der Waals surface area contributed by atoms with Gasteiger partial charge in [0.25, 0.3) is 0 Å². The van der Waals surface area contributed by atoms with Crippen LogP contribution >= 0.6 is 0 Å². The van der Waals surface area contributed by atoms with Crippen LogP contribution in [0.2, 0.25) is 0 Å². The summed E-state index contributed by atoms with van der Waals surface area (Å²) in [6.45, 7) is 24.3. The van der Waals surface area contributed by atoms with Gasteiger partial charge in [-0.15, -0.1) is 0 Å². The van der Waals surface area contributed by atoms with Crippen molar-refractivity contribution in [2.75, 3.05) is 32.0 Å². The number of carbonyl (C=O) groups excluding carboxylic acids is 1. The molecule has 0 aliphatic heterocycles. The number of aromatic hydroxyl groups is 1. The molecule has 3 aromatic carbocycles. The van der Waals surface area contributed by atoms with Gasteiger partial charge in [0.05, 0.1) is 0 Å². The van der Waals surface area contributed by atoms with Crippen LogP contribution in [0.4, 0.5) is 5.69 Å². The topological polar surface area (TPSA) is 57.5 Å². The molecular formula is C52H75N3O2. The van der Waals surface area contributed by atoms with Crippen molar-refractivity contribution in [1.82, 2.24) is 9.47 Å². The Morgan fingerprint density at radius 2 is 1.70 bits per heavy atom. The molecule has 310 valence electrons. The van der Waals surface area contributed by atoms with Gasteiger partial charge in [0.1, 0.15) is 12.0 Å². The zero-order valence-electron chi connectivity index (χ0n) is 37.3. The van der Waals surface area contributed by atoms with Crippen LogP contribution in [0.15, 0.2) is 85.0 Å². The van der Waals surface area contributed by atoms with Crippen molar-refractivity contribution in [3.63, 3.8) is 0 Å². The molecule has 1 atom stereocenters. The molecule has 1 aliphatic carbocycles. The largest absolute Gasteiger partial charge is 0.507 e. The van der Waals surface area contributed by atoms with Crippen LogP contribution in [0.1, 0.15) is 150 Å². The summed E-state index contributed by atoms with van der Waals surface area (Å²) in [5.74, 6) is 1.75. The Hall–Kier alpha value is -4.35. The first kappa shape index (κ1) is 47.0. The first-order chi connectivity index (χ1) is 27.7. The van der Waals surface area contributed by atoms with Crippen molar-refractivity contribution in [3.05, 3.63) is 124 Å². The summed E-state index contributed by atoms with van der Waals surface area (Å²) in [5.41, 5.74) is 11.7. The molecule has 4 aromatic rings. The molecule has 1 saturated carbocycles. The summed E-state index contributed by atoms with van der Waals surface area (Å²) in [5, 5.41) is 15.1. The van der Waals surface area contributed by atoms with Crippen molar-refractivity contribution in [1.29, 1.82) is 0 Å². The predicted octanol–water partition coefficient (Wildman–Crippen LogP) is 13.9. The molecule has 1 aliphatic rings. The Kier molecular flexibility index (Phi) is 20.7. The molecule has 5 nitrogen and oxygen atoms in total. The number of benzene rings is 3. The zero-order valence-corrected chi connectivity index (χ0v) is 37.3. The van der Waals surface area contributed by atoms with E-state index in [1.165, 1.54) is 103 Å². The van der Waals surface area contributed by atoms with Crippen LogP contribution in [-0.4, -0.2) is 47.5 Å². The van der Waals surface area contributed by atoms with Gasteiger partial charge in [-0.3, -0.25) is 4.79 Å². The van der Waals surface area contributed by atoms with E-state index in [2.05, 4.69) is 117 Å². The summed E-state index contributed by atoms with van der Waals surface area (Å²) in [6, 6.07) is 18.9. The van der Waals surface area contributed by atoms with Crippen LogP contribution < -0.4 is 5.32 Å². The van der Waals surface area contributed by atoms with E-state index in [9.17, 15) is 9.90 Å². The summed E-state index contributed by atoms with van der Waals surface area (Å²) in [4.78, 5) is 13.6. The number of anilines is 1. The van der Waals surface area contributed by atoms with Gasteiger partial charge >= 0.3 is 0 Å². The quantitative estimate of drug-likeness (QED) is 0.0736. The van der Waals surface area contributed by atoms with Gasteiger partial charge in [-0.25, -0.2) is 0 Å². The molecule has 1 unspecified atom stereocenters. The maximum absolute atomic E-state index is 10.9. The van der Waals surface area contributed by atoms with Crippen molar-refractivity contribution in [2.24, 2.45) is 5.92 Å². The van der Waals surface area contributed by atoms with E-state index < -0.39 is 0 Å². The molecule has 5 heteroatoms. The molecule has 57 heavy (non-hydrogen) atoms. The highest BCUT2D eigenvalue weighted by Gasteiger charge is 2.25. The highest BCUT2D eigenvalue weighted by atomic mass is 16.3. The minimum atomic E-state index is 0.364. The van der Waals surface area contributed by atoms with Gasteiger partial charge in [0.15, 0.2) is 0 Å². The van der Waals surface area contributed by atoms with Crippen LogP contribution in [0.5, 0.6) is 5.75 Å². The lowest BCUT2D eigenvalue weighted by atomic mass is 9.76. The van der Waals surface area contributed by atoms with Crippen LogP contribution in [-0.2, 0) is 13.0 Å². The number of aromatic nitrogens is 1. The van der Waals surface area contributed by atoms with Crippen molar-refractivity contribution in [3.8, 4) is 5.75 Å². The number of phenolic OH excluding ortho intramolecular Hbond substituents is 1. The molecule has 1 heterocycles. The molecule has 0 bridgehead atoms. The second-order valence-corrected chi connectivity index (χ2v) is 15.5. The minimum absolute atomic E-state index is 0.364. The molecule has 0 spiro atoms. The Balaban J connectivity index is 0.000000315. The van der Waals surface area contributed by atoms with Gasteiger partial charge in [0, 0.05) is 53.1 Å². The average molecular weight is 774 g/mol. The highest BCUT2D eigenvalue weighted by molar-refractivity contribution is 5.86. The van der Waals surface area contributed by atoms with Crippen LogP contribution in [0.25, 0.3) is 16.5 Å². The molecule has 2 N–H and O–H groups in total. The summed E-state index contributed by atoms with van der Waals surface area (Å²) < 4.78 is 2.52. The number of allylic oxidation sites excluding steroid dienone is 6. The molecule has 1 fully saturated rings. The summed E-state index contributed by atoms with van der Waals surface area (Å²) >= 11 is 0. The van der Waals surface area contributed by atoms with E-state index in [0.29, 0.717) is 11.7 Å². The average Bonchev–Trinajstić information content (AvgIpc) is 3.44. The lowest BCUT2D eigenvalue weighted by Crippen LogP contribution is -2.28. The Morgan fingerprint density at radius 1 is 0.982 bits per heavy atom. The normalized spacial score (nSPS) is 13.7. The number of hydrogen-bond donors (Lipinski definition) is 2. The Labute approximate surface area is 347 Å². The number of phenols is 1. The van der Waals surface area contributed by atoms with Gasteiger partial charge in [-0.2, -0.15) is 0 Å². The number of carbonyl (C=O) groups is 1. The van der Waals surface area contributed by atoms with E-state index in [-0.39, 0.29) is 0 Å². The van der Waals surface area contributed by atoms with E-state index in [1.54, 1.807) is 0 Å². The summed E-state index contributed by atoms with van der Waals surface area (Å²) in [7, 11) is 1.89. The monoisotopic (exact) mass is 774 g/mol. The third-order valence-electron chi connectivity index (χ3n) is 11.5. The number of hydrogen-bond acceptors (Lipinski definition) is 4. The fourth-order valence-electron chi connectivity index (χ4n) is 7.61. The first-order valence-electron chi connectivity index (χ1n) is 22.1. The van der Waals surface area contributed by atoms with Crippen LogP contribution in [0.3, 0.4) is 0 Å². The van der Waals surface area contributed by atoms with E-state index >= 15 is 0 Å². The van der Waals surface area contributed by atoms with Crippen molar-refractivity contribution in [2.45, 2.75) is 133 Å². The summed E-state index contributed by atoms with van der Waals surface area (Å²) in [6.07, 6.45) is 21.9. The zero-order chi connectivity index (χ0) is 41.7. The third kappa shape index (κ3) is 13.6. The van der Waals surface area contributed by atoms with E-state index in [0.717, 1.165) is 54.0 Å². The lowest BCUT2D eigenvalue weighted by Gasteiger charge is -2.29. The number of aldehydes is 1.